The van der Waals surface area contributed by atoms with Crippen LogP contribution < -0.4 is 9.46 Å². The minimum Gasteiger partial charge on any atom is -0.489 e. The third-order valence-corrected chi connectivity index (χ3v) is 5.91. The van der Waals surface area contributed by atoms with E-state index in [1.165, 1.54) is 12.1 Å². The standard InChI is InChI=1S/C23H24N2O5S/c26-14-15-30-23-6-2-1-5-22(23)25-31(28,29)21-11-8-18(9-12-21)16-20(27)10-7-19-4-3-13-24-17-19/h1-6,8-9,11-13,17,25-26H,7,10,14-16H2. The number of anilines is 1. The van der Waals surface area contributed by atoms with Gasteiger partial charge in [-0.15, -0.1) is 0 Å². The Morgan fingerprint density at radius 1 is 1.00 bits per heavy atom. The SMILES string of the molecule is O=C(CCc1cccnc1)Cc1ccc(S(=O)(=O)Nc2ccccc2OCCO)cc1. The predicted octanol–water partition coefficient (Wildman–Crippen LogP) is 3.00. The van der Waals surface area contributed by atoms with Crippen molar-refractivity contribution in [3.05, 3.63) is 84.2 Å². The number of aliphatic hydroxyl groups excluding tert-OH is 1. The maximum Gasteiger partial charge on any atom is 0.262 e. The highest BCUT2D eigenvalue weighted by Gasteiger charge is 2.17. The number of nitrogens with one attached hydrogen (secondary N) is 1. The highest BCUT2D eigenvalue weighted by Crippen LogP contribution is 2.26. The largest absolute Gasteiger partial charge is 0.489 e. The van der Waals surface area contributed by atoms with Crippen LogP contribution in [0.5, 0.6) is 5.75 Å². The molecular weight excluding hydrogens is 416 g/mol. The summed E-state index contributed by atoms with van der Waals surface area (Å²) in [6.45, 7) is -0.119. The van der Waals surface area contributed by atoms with Crippen LogP contribution >= 0.6 is 0 Å². The van der Waals surface area contributed by atoms with E-state index in [-0.39, 0.29) is 36.0 Å². The molecule has 0 aliphatic heterocycles. The van der Waals surface area contributed by atoms with Gasteiger partial charge in [0.05, 0.1) is 17.2 Å². The zero-order valence-electron chi connectivity index (χ0n) is 16.9. The zero-order valence-corrected chi connectivity index (χ0v) is 17.7. The summed E-state index contributed by atoms with van der Waals surface area (Å²) < 4.78 is 33.3. The smallest absolute Gasteiger partial charge is 0.262 e. The number of ether oxygens (including phenoxy) is 1. The van der Waals surface area contributed by atoms with Gasteiger partial charge in [-0.1, -0.05) is 30.3 Å². The molecule has 0 spiro atoms. The van der Waals surface area contributed by atoms with Gasteiger partial charge < -0.3 is 9.84 Å². The van der Waals surface area contributed by atoms with E-state index < -0.39 is 10.0 Å². The number of para-hydroxylation sites is 2. The fraction of sp³-hybridized carbons (Fsp3) is 0.217. The van der Waals surface area contributed by atoms with Crippen LogP contribution in [0, 0.1) is 0 Å². The number of hydrogen-bond acceptors (Lipinski definition) is 6. The average Bonchev–Trinajstić information content (AvgIpc) is 2.78. The fourth-order valence-corrected chi connectivity index (χ4v) is 4.04. The van der Waals surface area contributed by atoms with Crippen molar-refractivity contribution >= 4 is 21.5 Å². The lowest BCUT2D eigenvalue weighted by Gasteiger charge is -2.13. The Kier molecular flexibility index (Phi) is 7.75. The molecule has 0 amide bonds. The molecule has 8 heteroatoms. The quantitative estimate of drug-likeness (QED) is 0.475. The summed E-state index contributed by atoms with van der Waals surface area (Å²) in [5.41, 5.74) is 2.04. The summed E-state index contributed by atoms with van der Waals surface area (Å²) in [5, 5.41) is 8.92. The molecule has 0 aliphatic rings. The van der Waals surface area contributed by atoms with Gasteiger partial charge in [-0.3, -0.25) is 14.5 Å². The monoisotopic (exact) mass is 440 g/mol. The van der Waals surface area contributed by atoms with Gasteiger partial charge in [-0.2, -0.15) is 0 Å². The number of sulfonamides is 1. The Balaban J connectivity index is 1.62. The van der Waals surface area contributed by atoms with Gasteiger partial charge in [0, 0.05) is 25.2 Å². The number of carbonyl (C=O) groups is 1. The Morgan fingerprint density at radius 2 is 1.77 bits per heavy atom. The molecule has 0 bridgehead atoms. The third kappa shape index (κ3) is 6.63. The van der Waals surface area contributed by atoms with Crippen LogP contribution in [0.1, 0.15) is 17.5 Å². The number of carbonyl (C=O) groups excluding carboxylic acids is 1. The number of aliphatic hydroxyl groups is 1. The van der Waals surface area contributed by atoms with E-state index in [0.717, 1.165) is 11.1 Å². The predicted molar refractivity (Wildman–Crippen MR) is 118 cm³/mol. The lowest BCUT2D eigenvalue weighted by atomic mass is 10.0. The molecule has 2 N–H and O–H groups in total. The molecule has 0 saturated carbocycles. The topological polar surface area (TPSA) is 106 Å². The zero-order chi connectivity index (χ0) is 22.1. The number of pyridine rings is 1. The van der Waals surface area contributed by atoms with Gasteiger partial charge in [-0.25, -0.2) is 8.42 Å². The Hall–Kier alpha value is -3.23. The second kappa shape index (κ2) is 10.7. The minimum absolute atomic E-state index is 0.0578. The van der Waals surface area contributed by atoms with Crippen LogP contribution in [0.15, 0.2) is 78.0 Å². The van der Waals surface area contributed by atoms with Gasteiger partial charge in [0.2, 0.25) is 0 Å². The summed E-state index contributed by atoms with van der Waals surface area (Å²) in [5.74, 6) is 0.406. The molecule has 31 heavy (non-hydrogen) atoms. The highest BCUT2D eigenvalue weighted by molar-refractivity contribution is 7.92. The summed E-state index contributed by atoms with van der Waals surface area (Å²) in [4.78, 5) is 16.4. The van der Waals surface area contributed by atoms with E-state index in [0.29, 0.717) is 18.6 Å². The molecule has 0 saturated heterocycles. The maximum absolute atomic E-state index is 12.7. The molecule has 0 atom stereocenters. The summed E-state index contributed by atoms with van der Waals surface area (Å²) in [7, 11) is -3.84. The van der Waals surface area contributed by atoms with Crippen molar-refractivity contribution < 1.29 is 23.1 Å². The number of aryl methyl sites for hydroxylation is 1. The highest BCUT2D eigenvalue weighted by atomic mass is 32.2. The molecule has 0 radical (unpaired) electrons. The van der Waals surface area contributed by atoms with Crippen molar-refractivity contribution in [2.75, 3.05) is 17.9 Å². The number of benzene rings is 2. The summed E-state index contributed by atoms with van der Waals surface area (Å²) in [6, 6.07) is 16.6. The van der Waals surface area contributed by atoms with Crippen LogP contribution in [0.3, 0.4) is 0 Å². The number of Topliss-reactive ketones (excluding diaryl/α,β-unsaturated/α-hetero) is 1. The molecule has 7 nitrogen and oxygen atoms in total. The van der Waals surface area contributed by atoms with Crippen molar-refractivity contribution in [1.82, 2.24) is 4.98 Å². The van der Waals surface area contributed by atoms with Crippen LogP contribution in [0.25, 0.3) is 0 Å². The van der Waals surface area contributed by atoms with Gasteiger partial charge >= 0.3 is 0 Å². The first-order valence-corrected chi connectivity index (χ1v) is 11.3. The van der Waals surface area contributed by atoms with Crippen LogP contribution in [0.2, 0.25) is 0 Å². The molecular formula is C23H24N2O5S. The molecule has 162 valence electrons. The van der Waals surface area contributed by atoms with Crippen molar-refractivity contribution in [2.24, 2.45) is 0 Å². The molecule has 0 fully saturated rings. The number of aromatic nitrogens is 1. The molecule has 1 aromatic heterocycles. The Labute approximate surface area is 181 Å². The first kappa shape index (κ1) is 22.5. The number of nitrogens with zero attached hydrogens (tertiary/aromatic N) is 1. The second-order valence-corrected chi connectivity index (χ2v) is 8.58. The van der Waals surface area contributed by atoms with Crippen molar-refractivity contribution in [3.63, 3.8) is 0 Å². The van der Waals surface area contributed by atoms with Gasteiger partial charge in [0.1, 0.15) is 18.1 Å². The molecule has 3 rings (SSSR count). The van der Waals surface area contributed by atoms with E-state index in [9.17, 15) is 13.2 Å². The number of ketones is 1. The number of rotatable bonds is 11. The lowest BCUT2D eigenvalue weighted by molar-refractivity contribution is -0.118. The van der Waals surface area contributed by atoms with E-state index in [2.05, 4.69) is 9.71 Å². The van der Waals surface area contributed by atoms with Crippen molar-refractivity contribution in [1.29, 1.82) is 0 Å². The van der Waals surface area contributed by atoms with Gasteiger partial charge in [-0.05, 0) is 47.9 Å². The van der Waals surface area contributed by atoms with Crippen molar-refractivity contribution in [2.45, 2.75) is 24.2 Å². The molecule has 0 unspecified atom stereocenters. The molecule has 0 aliphatic carbocycles. The lowest BCUT2D eigenvalue weighted by Crippen LogP contribution is -2.14. The van der Waals surface area contributed by atoms with Crippen LogP contribution in [-0.2, 0) is 27.7 Å². The first-order chi connectivity index (χ1) is 15.0. The summed E-state index contributed by atoms with van der Waals surface area (Å²) >= 11 is 0. The molecule has 1 heterocycles. The van der Waals surface area contributed by atoms with E-state index >= 15 is 0 Å². The summed E-state index contributed by atoms with van der Waals surface area (Å²) in [6.07, 6.45) is 4.70. The maximum atomic E-state index is 12.7. The minimum atomic E-state index is -3.84. The van der Waals surface area contributed by atoms with Gasteiger partial charge in [0.25, 0.3) is 10.0 Å². The number of hydrogen-bond donors (Lipinski definition) is 2. The van der Waals surface area contributed by atoms with E-state index in [1.807, 2.05) is 12.1 Å². The first-order valence-electron chi connectivity index (χ1n) is 9.83. The third-order valence-electron chi connectivity index (χ3n) is 4.53. The van der Waals surface area contributed by atoms with Crippen LogP contribution in [-0.4, -0.2) is 37.5 Å². The average molecular weight is 441 g/mol. The van der Waals surface area contributed by atoms with E-state index in [1.54, 1.807) is 48.8 Å². The normalized spacial score (nSPS) is 11.1. The fourth-order valence-electron chi connectivity index (χ4n) is 2.97. The van der Waals surface area contributed by atoms with Crippen LogP contribution in [0.4, 0.5) is 5.69 Å². The molecule has 2 aromatic carbocycles. The Morgan fingerprint density at radius 3 is 2.48 bits per heavy atom. The molecule has 3 aromatic rings. The van der Waals surface area contributed by atoms with Crippen molar-refractivity contribution in [3.8, 4) is 5.75 Å². The second-order valence-electron chi connectivity index (χ2n) is 6.89. The van der Waals surface area contributed by atoms with Gasteiger partial charge in [0.15, 0.2) is 0 Å². The Bertz CT molecular complexity index is 1100. The van der Waals surface area contributed by atoms with E-state index in [4.69, 9.17) is 9.84 Å².